The average Bonchev–Trinajstić information content (AvgIpc) is 2.65. The number of hydrogen-bond donors (Lipinski definition) is 2. The smallest absolute Gasteiger partial charge is 0.317 e. The molecule has 5 nitrogen and oxygen atoms in total. The van der Waals surface area contributed by atoms with Crippen LogP contribution in [0.5, 0.6) is 5.75 Å². The summed E-state index contributed by atoms with van der Waals surface area (Å²) in [5.41, 5.74) is 0. The van der Waals surface area contributed by atoms with Crippen LogP contribution in [0.3, 0.4) is 0 Å². The van der Waals surface area contributed by atoms with Gasteiger partial charge in [-0.05, 0) is 42.7 Å². The van der Waals surface area contributed by atoms with E-state index in [-0.39, 0.29) is 18.1 Å². The van der Waals surface area contributed by atoms with Gasteiger partial charge < -0.3 is 20.1 Å². The molecule has 134 valence electrons. The van der Waals surface area contributed by atoms with Gasteiger partial charge in [-0.25, -0.2) is 4.79 Å². The number of aliphatic hydroxyl groups is 1. The number of amides is 2. The minimum Gasteiger partial charge on any atom is -0.492 e. The summed E-state index contributed by atoms with van der Waals surface area (Å²) in [6, 6.07) is 14.1. The van der Waals surface area contributed by atoms with Gasteiger partial charge in [0.15, 0.2) is 0 Å². The monoisotopic (exact) mass is 342 g/mol. The van der Waals surface area contributed by atoms with Crippen LogP contribution < -0.4 is 10.1 Å². The lowest BCUT2D eigenvalue weighted by Crippen LogP contribution is -2.48. The minimum absolute atomic E-state index is 0.0764. The molecule has 5 heteroatoms. The molecule has 0 radical (unpaired) electrons. The van der Waals surface area contributed by atoms with Crippen LogP contribution in [-0.4, -0.2) is 48.4 Å². The van der Waals surface area contributed by atoms with Gasteiger partial charge >= 0.3 is 6.03 Å². The molecule has 2 atom stereocenters. The van der Waals surface area contributed by atoms with E-state index in [1.165, 1.54) is 5.39 Å². The van der Waals surface area contributed by atoms with Crippen LogP contribution in [0.4, 0.5) is 4.79 Å². The van der Waals surface area contributed by atoms with Crippen molar-refractivity contribution in [1.29, 1.82) is 0 Å². The highest BCUT2D eigenvalue weighted by atomic mass is 16.5. The van der Waals surface area contributed by atoms with Crippen molar-refractivity contribution in [2.75, 3.05) is 26.2 Å². The molecule has 1 aliphatic heterocycles. The second kappa shape index (κ2) is 8.21. The zero-order chi connectivity index (χ0) is 17.6. The largest absolute Gasteiger partial charge is 0.492 e. The predicted molar refractivity (Wildman–Crippen MR) is 98.8 cm³/mol. The number of aliphatic hydroxyl groups excluding tert-OH is 1. The number of piperidine rings is 1. The van der Waals surface area contributed by atoms with Crippen LogP contribution in [0, 0.1) is 5.92 Å². The van der Waals surface area contributed by atoms with Crippen molar-refractivity contribution < 1.29 is 14.6 Å². The normalized spacial score (nSPS) is 18.8. The number of urea groups is 1. The van der Waals surface area contributed by atoms with E-state index in [0.29, 0.717) is 19.7 Å². The maximum atomic E-state index is 12.2. The first-order chi connectivity index (χ1) is 12.1. The maximum absolute atomic E-state index is 12.2. The molecular weight excluding hydrogens is 316 g/mol. The van der Waals surface area contributed by atoms with Crippen LogP contribution in [-0.2, 0) is 0 Å². The van der Waals surface area contributed by atoms with E-state index < -0.39 is 0 Å². The summed E-state index contributed by atoms with van der Waals surface area (Å²) in [4.78, 5) is 14.0. The highest BCUT2D eigenvalue weighted by molar-refractivity contribution is 5.83. The zero-order valence-electron chi connectivity index (χ0n) is 14.6. The molecule has 2 amide bonds. The molecule has 25 heavy (non-hydrogen) atoms. The van der Waals surface area contributed by atoms with E-state index in [1.807, 2.05) is 30.3 Å². The molecule has 1 aliphatic rings. The van der Waals surface area contributed by atoms with Gasteiger partial charge in [-0.3, -0.25) is 0 Å². The summed E-state index contributed by atoms with van der Waals surface area (Å²) in [6.07, 6.45) is 1.55. The molecule has 2 aromatic carbocycles. The van der Waals surface area contributed by atoms with Crippen molar-refractivity contribution in [2.45, 2.75) is 25.9 Å². The van der Waals surface area contributed by atoms with Crippen LogP contribution in [0.25, 0.3) is 10.8 Å². The van der Waals surface area contributed by atoms with Crippen LogP contribution in [0.2, 0.25) is 0 Å². The number of carbonyl (C=O) groups excluding carboxylic acids is 1. The van der Waals surface area contributed by atoms with Crippen molar-refractivity contribution in [3.8, 4) is 5.75 Å². The number of nitrogens with zero attached hydrogens (tertiary/aromatic N) is 1. The Balaban J connectivity index is 1.43. The summed E-state index contributed by atoms with van der Waals surface area (Å²) >= 11 is 0. The Kier molecular flexibility index (Phi) is 5.76. The third-order valence-corrected chi connectivity index (χ3v) is 4.80. The molecule has 3 rings (SSSR count). The lowest BCUT2D eigenvalue weighted by atomic mass is 9.94. The summed E-state index contributed by atoms with van der Waals surface area (Å²) in [6.45, 7) is 4.05. The van der Waals surface area contributed by atoms with Gasteiger partial charge in [0.1, 0.15) is 12.4 Å². The highest BCUT2D eigenvalue weighted by Crippen LogP contribution is 2.21. The molecule has 2 N–H and O–H groups in total. The molecule has 0 saturated carbocycles. The minimum atomic E-state index is -0.369. The van der Waals surface area contributed by atoms with Gasteiger partial charge in [0.05, 0.1) is 12.6 Å². The van der Waals surface area contributed by atoms with Gasteiger partial charge in [-0.1, -0.05) is 30.3 Å². The number of hydrogen-bond acceptors (Lipinski definition) is 3. The first-order valence-electron chi connectivity index (χ1n) is 8.96. The van der Waals surface area contributed by atoms with Crippen molar-refractivity contribution in [2.24, 2.45) is 5.92 Å². The van der Waals surface area contributed by atoms with Gasteiger partial charge in [-0.15, -0.1) is 0 Å². The molecule has 0 unspecified atom stereocenters. The molecule has 0 spiro atoms. The standard InChI is InChI=1S/C20H26N2O3/c1-15(23)18-7-4-11-22(14-18)20(24)21-10-12-25-19-9-8-16-5-2-3-6-17(16)13-19/h2-3,5-6,8-9,13,15,18,23H,4,7,10-12,14H2,1H3,(H,21,24)/t15-,18-/m1/s1. The zero-order valence-corrected chi connectivity index (χ0v) is 14.6. The second-order valence-electron chi connectivity index (χ2n) is 6.68. The predicted octanol–water partition coefficient (Wildman–Crippen LogP) is 3.02. The fraction of sp³-hybridized carbons (Fsp3) is 0.450. The summed E-state index contributed by atoms with van der Waals surface area (Å²) in [7, 11) is 0. The van der Waals surface area contributed by atoms with Gasteiger partial charge in [0, 0.05) is 19.0 Å². The fourth-order valence-corrected chi connectivity index (χ4v) is 3.28. The van der Waals surface area contributed by atoms with E-state index in [9.17, 15) is 9.90 Å². The summed E-state index contributed by atoms with van der Waals surface area (Å²) in [5, 5.41) is 14.9. The Hall–Kier alpha value is -2.27. The van der Waals surface area contributed by atoms with E-state index in [2.05, 4.69) is 17.4 Å². The Bertz CT molecular complexity index is 717. The number of benzene rings is 2. The first kappa shape index (κ1) is 17.5. The molecule has 0 bridgehead atoms. The third-order valence-electron chi connectivity index (χ3n) is 4.80. The average molecular weight is 342 g/mol. The first-order valence-corrected chi connectivity index (χ1v) is 8.96. The van der Waals surface area contributed by atoms with Crippen LogP contribution >= 0.6 is 0 Å². The van der Waals surface area contributed by atoms with Crippen LogP contribution in [0.1, 0.15) is 19.8 Å². The SMILES string of the molecule is C[C@@H](O)[C@@H]1CCCN(C(=O)NCCOc2ccc3ccccc3c2)C1. The number of nitrogens with one attached hydrogen (secondary N) is 1. The van der Waals surface area contributed by atoms with E-state index in [1.54, 1.807) is 11.8 Å². The lowest BCUT2D eigenvalue weighted by molar-refractivity contribution is 0.0737. The molecule has 1 heterocycles. The number of fused-ring (bicyclic) bond motifs is 1. The Morgan fingerprint density at radius 3 is 2.92 bits per heavy atom. The van der Waals surface area contributed by atoms with Crippen molar-refractivity contribution in [1.82, 2.24) is 10.2 Å². The van der Waals surface area contributed by atoms with E-state index >= 15 is 0 Å². The Labute approximate surface area is 148 Å². The van der Waals surface area contributed by atoms with Crippen LogP contribution in [0.15, 0.2) is 42.5 Å². The molecule has 2 aromatic rings. The van der Waals surface area contributed by atoms with E-state index in [0.717, 1.165) is 30.5 Å². The van der Waals surface area contributed by atoms with E-state index in [4.69, 9.17) is 4.74 Å². The number of rotatable bonds is 5. The second-order valence-corrected chi connectivity index (χ2v) is 6.68. The quantitative estimate of drug-likeness (QED) is 0.821. The molecule has 1 fully saturated rings. The lowest BCUT2D eigenvalue weighted by Gasteiger charge is -2.34. The highest BCUT2D eigenvalue weighted by Gasteiger charge is 2.26. The fourth-order valence-electron chi connectivity index (χ4n) is 3.28. The van der Waals surface area contributed by atoms with Crippen molar-refractivity contribution in [3.63, 3.8) is 0 Å². The van der Waals surface area contributed by atoms with Gasteiger partial charge in [0.25, 0.3) is 0 Å². The molecular formula is C20H26N2O3. The summed E-state index contributed by atoms with van der Waals surface area (Å²) in [5.74, 6) is 0.980. The summed E-state index contributed by atoms with van der Waals surface area (Å²) < 4.78 is 5.74. The van der Waals surface area contributed by atoms with Gasteiger partial charge in [-0.2, -0.15) is 0 Å². The van der Waals surface area contributed by atoms with Crippen molar-refractivity contribution >= 4 is 16.8 Å². The third kappa shape index (κ3) is 4.63. The molecule has 0 aromatic heterocycles. The molecule has 0 aliphatic carbocycles. The maximum Gasteiger partial charge on any atom is 0.317 e. The number of likely N-dealkylation sites (tertiary alicyclic amines) is 1. The van der Waals surface area contributed by atoms with Crippen molar-refractivity contribution in [3.05, 3.63) is 42.5 Å². The Morgan fingerprint density at radius 1 is 1.32 bits per heavy atom. The number of ether oxygens (including phenoxy) is 1. The Morgan fingerprint density at radius 2 is 2.12 bits per heavy atom. The topological polar surface area (TPSA) is 61.8 Å². The van der Waals surface area contributed by atoms with Gasteiger partial charge in [0.2, 0.25) is 0 Å². The number of carbonyl (C=O) groups is 1. The molecule has 1 saturated heterocycles.